The van der Waals surface area contributed by atoms with Crippen molar-refractivity contribution in [3.8, 4) is 0 Å². The van der Waals surface area contributed by atoms with Gasteiger partial charge in [0.05, 0.1) is 0 Å². The van der Waals surface area contributed by atoms with Gasteiger partial charge in [-0.1, -0.05) is 17.7 Å². The number of piperazine rings is 1. The number of halogens is 1. The van der Waals surface area contributed by atoms with Crippen molar-refractivity contribution in [2.45, 2.75) is 20.8 Å². The second kappa shape index (κ2) is 11.5. The van der Waals surface area contributed by atoms with Gasteiger partial charge in [0, 0.05) is 59.5 Å². The van der Waals surface area contributed by atoms with Crippen LogP contribution in [-0.4, -0.2) is 57.9 Å². The van der Waals surface area contributed by atoms with Crippen LogP contribution in [0.2, 0.25) is 5.02 Å². The van der Waals surface area contributed by atoms with Gasteiger partial charge in [0.15, 0.2) is 5.78 Å². The van der Waals surface area contributed by atoms with E-state index in [1.54, 1.807) is 12.1 Å². The number of anilines is 3. The minimum Gasteiger partial charge on any atom is -0.368 e. The van der Waals surface area contributed by atoms with Crippen LogP contribution in [0.25, 0.3) is 0 Å². The van der Waals surface area contributed by atoms with E-state index in [0.29, 0.717) is 17.5 Å². The Bertz CT molecular complexity index is 1270. The number of Topliss-reactive ketones (excluding diaryl/α,β-unsaturated/α-hetero) is 1. The van der Waals surface area contributed by atoms with E-state index >= 15 is 0 Å². The average Bonchev–Trinajstić information content (AvgIpc) is 2.83. The van der Waals surface area contributed by atoms with Gasteiger partial charge in [0.1, 0.15) is 0 Å². The van der Waals surface area contributed by atoms with Crippen LogP contribution >= 0.6 is 23.8 Å². The van der Waals surface area contributed by atoms with Crippen molar-refractivity contribution in [2.75, 3.05) is 41.7 Å². The highest BCUT2D eigenvalue weighted by Gasteiger charge is 2.22. The number of guanidine groups is 1. The number of ketones is 1. The lowest BCUT2D eigenvalue weighted by Crippen LogP contribution is -2.51. The molecule has 0 atom stereocenters. The molecule has 0 aliphatic carbocycles. The minimum absolute atomic E-state index is 0.0130. The van der Waals surface area contributed by atoms with Crippen LogP contribution in [0.1, 0.15) is 28.7 Å². The predicted octanol–water partition coefficient (Wildman–Crippen LogP) is 4.94. The minimum atomic E-state index is 0.0130. The quantitative estimate of drug-likeness (QED) is 0.216. The van der Waals surface area contributed by atoms with Gasteiger partial charge in [0.25, 0.3) is 0 Å². The van der Waals surface area contributed by atoms with E-state index in [2.05, 4.69) is 41.5 Å². The molecule has 1 aromatic heterocycles. The molecule has 10 heteroatoms. The number of benzene rings is 2. The summed E-state index contributed by atoms with van der Waals surface area (Å²) in [6, 6.07) is 16.9. The third kappa shape index (κ3) is 6.77. The molecule has 2 N–H and O–H groups in total. The maximum atomic E-state index is 11.5. The Morgan fingerprint density at radius 1 is 0.972 bits per heavy atom. The van der Waals surface area contributed by atoms with Gasteiger partial charge >= 0.3 is 0 Å². The van der Waals surface area contributed by atoms with E-state index in [-0.39, 0.29) is 10.9 Å². The second-order valence-electron chi connectivity index (χ2n) is 8.55. The number of rotatable bonds is 4. The van der Waals surface area contributed by atoms with Gasteiger partial charge in [-0.3, -0.25) is 10.1 Å². The van der Waals surface area contributed by atoms with Crippen LogP contribution in [0.15, 0.2) is 59.6 Å². The largest absolute Gasteiger partial charge is 0.368 e. The average molecular weight is 522 g/mol. The first-order chi connectivity index (χ1) is 17.3. The molecule has 0 radical (unpaired) electrons. The highest BCUT2D eigenvalue weighted by molar-refractivity contribution is 7.80. The topological polar surface area (TPSA) is 85.7 Å². The summed E-state index contributed by atoms with van der Waals surface area (Å²) in [6.07, 6.45) is 0. The number of hydrogen-bond donors (Lipinski definition) is 2. The van der Waals surface area contributed by atoms with Crippen molar-refractivity contribution in [2.24, 2.45) is 4.99 Å². The van der Waals surface area contributed by atoms with Crippen LogP contribution < -0.4 is 15.5 Å². The summed E-state index contributed by atoms with van der Waals surface area (Å²) in [4.78, 5) is 29.7. The predicted molar refractivity (Wildman–Crippen MR) is 150 cm³/mol. The summed E-state index contributed by atoms with van der Waals surface area (Å²) in [5.41, 5.74) is 4.21. The Kier molecular flexibility index (Phi) is 8.12. The Balaban J connectivity index is 1.52. The molecular weight excluding hydrogens is 494 g/mol. The van der Waals surface area contributed by atoms with Gasteiger partial charge in [-0.25, -0.2) is 9.97 Å². The third-order valence-electron chi connectivity index (χ3n) is 5.71. The SMILES string of the molecule is CC(=O)c1ccc(NC(=S)/N=C(/Nc2nc(C)cc(C)n2)N2CCN(c3cccc(Cl)c3)CC2)cc1. The molecular formula is C26H28ClN7OS. The summed E-state index contributed by atoms with van der Waals surface area (Å²) in [5, 5.41) is 7.41. The van der Waals surface area contributed by atoms with Crippen LogP contribution in [0.3, 0.4) is 0 Å². The Morgan fingerprint density at radius 2 is 1.64 bits per heavy atom. The van der Waals surface area contributed by atoms with Crippen LogP contribution in [0.5, 0.6) is 0 Å². The molecule has 0 amide bonds. The fraction of sp³-hybridized carbons (Fsp3) is 0.269. The summed E-state index contributed by atoms with van der Waals surface area (Å²) in [6.45, 7) is 8.42. The van der Waals surface area contributed by atoms with Crippen molar-refractivity contribution in [1.29, 1.82) is 0 Å². The molecule has 1 aliphatic rings. The molecule has 1 saturated heterocycles. The molecule has 1 aliphatic heterocycles. The van der Waals surface area contributed by atoms with Gasteiger partial charge in [-0.05, 0) is 81.5 Å². The van der Waals surface area contributed by atoms with Crippen LogP contribution in [0.4, 0.5) is 17.3 Å². The van der Waals surface area contributed by atoms with Crippen molar-refractivity contribution in [1.82, 2.24) is 14.9 Å². The van der Waals surface area contributed by atoms with Crippen LogP contribution in [0, 0.1) is 13.8 Å². The molecule has 3 aromatic rings. The van der Waals surface area contributed by atoms with Gasteiger partial charge in [-0.2, -0.15) is 4.99 Å². The van der Waals surface area contributed by atoms with Crippen molar-refractivity contribution < 1.29 is 4.79 Å². The summed E-state index contributed by atoms with van der Waals surface area (Å²) in [7, 11) is 0. The molecule has 2 heterocycles. The molecule has 4 rings (SSSR count). The Morgan fingerprint density at radius 3 is 2.25 bits per heavy atom. The molecule has 2 aromatic carbocycles. The lowest BCUT2D eigenvalue weighted by molar-refractivity contribution is 0.101. The maximum absolute atomic E-state index is 11.5. The van der Waals surface area contributed by atoms with E-state index < -0.39 is 0 Å². The summed E-state index contributed by atoms with van der Waals surface area (Å²) >= 11 is 11.7. The lowest BCUT2D eigenvalue weighted by atomic mass is 10.1. The first-order valence-corrected chi connectivity index (χ1v) is 12.4. The molecule has 0 unspecified atom stereocenters. The van der Waals surface area contributed by atoms with E-state index in [1.807, 2.05) is 50.2 Å². The van der Waals surface area contributed by atoms with E-state index in [1.165, 1.54) is 6.92 Å². The van der Waals surface area contributed by atoms with Gasteiger partial charge < -0.3 is 15.1 Å². The number of aryl methyl sites for hydroxylation is 2. The zero-order valence-electron chi connectivity index (χ0n) is 20.5. The summed E-state index contributed by atoms with van der Waals surface area (Å²) in [5.74, 6) is 1.06. The zero-order chi connectivity index (χ0) is 25.7. The first kappa shape index (κ1) is 25.5. The monoisotopic (exact) mass is 521 g/mol. The number of nitrogens with one attached hydrogen (secondary N) is 2. The van der Waals surface area contributed by atoms with Crippen LogP contribution in [-0.2, 0) is 0 Å². The van der Waals surface area contributed by atoms with Gasteiger partial charge in [0.2, 0.25) is 17.0 Å². The standard InChI is InChI=1S/C26H28ClN7OS/c1-17-15-18(2)29-24(28-17)31-25(32-26(36)30-22-9-7-20(8-10-22)19(3)35)34-13-11-33(12-14-34)23-6-4-5-21(27)16-23/h4-10,15-16H,11-14H2,1-3H3,(H2,28,29,30,31,32,36). The highest BCUT2D eigenvalue weighted by Crippen LogP contribution is 2.21. The van der Waals surface area contributed by atoms with Crippen molar-refractivity contribution in [3.05, 3.63) is 76.6 Å². The number of aliphatic imine (C=N–C) groups is 1. The van der Waals surface area contributed by atoms with Gasteiger partial charge in [-0.15, -0.1) is 0 Å². The molecule has 0 saturated carbocycles. The van der Waals surface area contributed by atoms with Crippen molar-refractivity contribution >= 4 is 58.0 Å². The lowest BCUT2D eigenvalue weighted by Gasteiger charge is -2.37. The first-order valence-electron chi connectivity index (χ1n) is 11.6. The highest BCUT2D eigenvalue weighted by atomic mass is 35.5. The van der Waals surface area contributed by atoms with E-state index in [9.17, 15) is 4.79 Å². The Hall–Kier alpha value is -3.56. The zero-order valence-corrected chi connectivity index (χ0v) is 22.0. The fourth-order valence-corrected chi connectivity index (χ4v) is 4.33. The molecule has 0 bridgehead atoms. The Labute approximate surface area is 221 Å². The molecule has 8 nitrogen and oxygen atoms in total. The van der Waals surface area contributed by atoms with E-state index in [0.717, 1.165) is 54.0 Å². The smallest absolute Gasteiger partial charge is 0.229 e. The number of thiocarbonyl (C=S) groups is 1. The molecule has 36 heavy (non-hydrogen) atoms. The fourth-order valence-electron chi connectivity index (χ4n) is 3.94. The molecule has 186 valence electrons. The normalized spacial score (nSPS) is 13.9. The maximum Gasteiger partial charge on any atom is 0.229 e. The number of carbonyl (C=O) groups is 1. The molecule has 1 fully saturated rings. The second-order valence-corrected chi connectivity index (χ2v) is 9.38. The summed E-state index contributed by atoms with van der Waals surface area (Å²) < 4.78 is 0. The number of aromatic nitrogens is 2. The third-order valence-corrected chi connectivity index (χ3v) is 6.14. The number of carbonyl (C=O) groups excluding carboxylic acids is 1. The van der Waals surface area contributed by atoms with Crippen molar-refractivity contribution in [3.63, 3.8) is 0 Å². The number of nitrogens with zero attached hydrogens (tertiary/aromatic N) is 5. The number of hydrogen-bond acceptors (Lipinski definition) is 5. The molecule has 0 spiro atoms. The van der Waals surface area contributed by atoms with E-state index in [4.69, 9.17) is 23.8 Å².